The lowest BCUT2D eigenvalue weighted by Crippen LogP contribution is -2.30. The number of rotatable bonds is 5. The molecule has 0 fully saturated rings. The molecule has 0 amide bonds. The topological polar surface area (TPSA) is 84.2 Å². The largest absolute Gasteiger partial charge is 0.460 e. The van der Waals surface area contributed by atoms with Crippen molar-refractivity contribution in [3.63, 3.8) is 0 Å². The molecular formula is C12H13NO4S. The first kappa shape index (κ1) is 14.2. The van der Waals surface area contributed by atoms with Gasteiger partial charge in [0.1, 0.15) is 12.4 Å². The van der Waals surface area contributed by atoms with Crippen molar-refractivity contribution in [3.05, 3.63) is 35.9 Å². The van der Waals surface area contributed by atoms with E-state index < -0.39 is 26.8 Å². The van der Waals surface area contributed by atoms with Crippen molar-refractivity contribution in [2.75, 3.05) is 5.75 Å². The van der Waals surface area contributed by atoms with Crippen LogP contribution in [-0.2, 0) is 26.0 Å². The van der Waals surface area contributed by atoms with Crippen molar-refractivity contribution in [3.8, 4) is 6.07 Å². The molecule has 1 atom stereocenters. The monoisotopic (exact) mass is 267 g/mol. The third-order valence-corrected chi connectivity index (χ3v) is 4.16. The first-order chi connectivity index (χ1) is 8.47. The summed E-state index contributed by atoms with van der Waals surface area (Å²) in [4.78, 5) is 11.5. The first-order valence-electron chi connectivity index (χ1n) is 5.26. The Bertz CT molecular complexity index is 545. The molecule has 0 saturated carbocycles. The molecule has 0 radical (unpaired) electrons. The summed E-state index contributed by atoms with van der Waals surface area (Å²) in [6, 6.07) is 10.5. The lowest BCUT2D eigenvalue weighted by Gasteiger charge is -2.10. The Morgan fingerprint density at radius 2 is 2.00 bits per heavy atom. The van der Waals surface area contributed by atoms with E-state index in [0.29, 0.717) is 0 Å². The zero-order valence-electron chi connectivity index (χ0n) is 9.87. The smallest absolute Gasteiger partial charge is 0.324 e. The van der Waals surface area contributed by atoms with Gasteiger partial charge in [-0.2, -0.15) is 5.26 Å². The van der Waals surface area contributed by atoms with Gasteiger partial charge in [0.05, 0.1) is 6.07 Å². The molecule has 96 valence electrons. The SMILES string of the molecule is CC(C(=O)OCc1ccccc1)S(=O)(=O)CC#N. The molecule has 0 aromatic heterocycles. The van der Waals surface area contributed by atoms with Gasteiger partial charge >= 0.3 is 5.97 Å². The summed E-state index contributed by atoms with van der Waals surface area (Å²) in [6.07, 6.45) is 0. The highest BCUT2D eigenvalue weighted by molar-refractivity contribution is 7.92. The van der Waals surface area contributed by atoms with Gasteiger partial charge in [0, 0.05) is 0 Å². The van der Waals surface area contributed by atoms with Crippen LogP contribution in [0.3, 0.4) is 0 Å². The van der Waals surface area contributed by atoms with Crippen LogP contribution in [0.5, 0.6) is 0 Å². The second kappa shape index (κ2) is 6.17. The van der Waals surface area contributed by atoms with E-state index in [4.69, 9.17) is 10.00 Å². The Morgan fingerprint density at radius 3 is 2.56 bits per heavy atom. The number of nitriles is 1. The predicted molar refractivity (Wildman–Crippen MR) is 65.1 cm³/mol. The van der Waals surface area contributed by atoms with Gasteiger partial charge in [-0.05, 0) is 12.5 Å². The summed E-state index contributed by atoms with van der Waals surface area (Å²) >= 11 is 0. The van der Waals surface area contributed by atoms with Crippen LogP contribution in [-0.4, -0.2) is 25.4 Å². The highest BCUT2D eigenvalue weighted by atomic mass is 32.2. The van der Waals surface area contributed by atoms with Crippen molar-refractivity contribution >= 4 is 15.8 Å². The highest BCUT2D eigenvalue weighted by Gasteiger charge is 2.29. The first-order valence-corrected chi connectivity index (χ1v) is 6.98. The van der Waals surface area contributed by atoms with Crippen molar-refractivity contribution in [1.29, 1.82) is 5.26 Å². The number of hydrogen-bond acceptors (Lipinski definition) is 5. The normalized spacial score (nSPS) is 12.4. The minimum absolute atomic E-state index is 0.0199. The van der Waals surface area contributed by atoms with Crippen molar-refractivity contribution in [2.24, 2.45) is 0 Å². The number of benzene rings is 1. The molecule has 1 aromatic rings. The van der Waals surface area contributed by atoms with Crippen molar-refractivity contribution < 1.29 is 17.9 Å². The van der Waals surface area contributed by atoms with Gasteiger partial charge in [-0.15, -0.1) is 0 Å². The number of ether oxygens (including phenoxy) is 1. The summed E-state index contributed by atoms with van der Waals surface area (Å²) in [5, 5.41) is 7.04. The minimum Gasteiger partial charge on any atom is -0.460 e. The van der Waals surface area contributed by atoms with E-state index in [0.717, 1.165) is 5.56 Å². The van der Waals surface area contributed by atoms with E-state index in [1.54, 1.807) is 24.3 Å². The van der Waals surface area contributed by atoms with Crippen LogP contribution in [0.2, 0.25) is 0 Å². The van der Waals surface area contributed by atoms with Crippen LogP contribution in [0.1, 0.15) is 12.5 Å². The number of sulfone groups is 1. The van der Waals surface area contributed by atoms with Gasteiger partial charge in [-0.25, -0.2) is 8.42 Å². The van der Waals surface area contributed by atoms with Gasteiger partial charge in [0.25, 0.3) is 0 Å². The molecule has 0 N–H and O–H groups in total. The Balaban J connectivity index is 2.59. The second-order valence-electron chi connectivity index (χ2n) is 3.70. The van der Waals surface area contributed by atoms with Crippen LogP contribution in [0.15, 0.2) is 30.3 Å². The molecular weight excluding hydrogens is 254 g/mol. The number of carbonyl (C=O) groups is 1. The molecule has 0 bridgehead atoms. The van der Waals surface area contributed by atoms with E-state index in [-0.39, 0.29) is 6.61 Å². The number of hydrogen-bond donors (Lipinski definition) is 0. The fourth-order valence-corrected chi connectivity index (χ4v) is 2.00. The Labute approximate surface area is 106 Å². The third kappa shape index (κ3) is 3.86. The van der Waals surface area contributed by atoms with E-state index in [9.17, 15) is 13.2 Å². The standard InChI is InChI=1S/C12H13NO4S/c1-10(18(15,16)8-7-13)12(14)17-9-11-5-3-2-4-6-11/h2-6,10H,8-9H2,1H3. The van der Waals surface area contributed by atoms with Gasteiger partial charge in [0.2, 0.25) is 0 Å². The zero-order valence-corrected chi connectivity index (χ0v) is 10.7. The van der Waals surface area contributed by atoms with Gasteiger partial charge in [-0.1, -0.05) is 30.3 Å². The predicted octanol–water partition coefficient (Wildman–Crippen LogP) is 1.06. The number of nitrogens with zero attached hydrogens (tertiary/aromatic N) is 1. The maximum atomic E-state index is 11.5. The van der Waals surface area contributed by atoms with Gasteiger partial charge in [0.15, 0.2) is 15.1 Å². The highest BCUT2D eigenvalue weighted by Crippen LogP contribution is 2.07. The second-order valence-corrected chi connectivity index (χ2v) is 6.02. The number of esters is 1. The average molecular weight is 267 g/mol. The lowest BCUT2D eigenvalue weighted by atomic mass is 10.2. The summed E-state index contributed by atoms with van der Waals surface area (Å²) in [5.41, 5.74) is 0.774. The van der Waals surface area contributed by atoms with Crippen molar-refractivity contribution in [1.82, 2.24) is 0 Å². The Morgan fingerprint density at radius 1 is 1.39 bits per heavy atom. The zero-order chi connectivity index (χ0) is 13.6. The van der Waals surface area contributed by atoms with E-state index in [1.807, 2.05) is 6.07 Å². The molecule has 5 nitrogen and oxygen atoms in total. The molecule has 1 unspecified atom stereocenters. The molecule has 6 heteroatoms. The summed E-state index contributed by atoms with van der Waals surface area (Å²) in [6.45, 7) is 1.24. The van der Waals surface area contributed by atoms with Crippen LogP contribution < -0.4 is 0 Å². The molecule has 0 heterocycles. The molecule has 1 rings (SSSR count). The maximum absolute atomic E-state index is 11.5. The molecule has 18 heavy (non-hydrogen) atoms. The minimum atomic E-state index is -3.75. The third-order valence-electron chi connectivity index (χ3n) is 2.36. The number of carbonyl (C=O) groups excluding carboxylic acids is 1. The molecule has 0 saturated heterocycles. The fourth-order valence-electron chi connectivity index (χ4n) is 1.21. The van der Waals surface area contributed by atoms with Crippen LogP contribution in [0.25, 0.3) is 0 Å². The fraction of sp³-hybridized carbons (Fsp3) is 0.333. The van der Waals surface area contributed by atoms with Crippen LogP contribution >= 0.6 is 0 Å². The summed E-state index contributed by atoms with van der Waals surface area (Å²) < 4.78 is 27.8. The van der Waals surface area contributed by atoms with E-state index in [1.165, 1.54) is 13.0 Å². The van der Waals surface area contributed by atoms with Crippen LogP contribution in [0.4, 0.5) is 0 Å². The molecule has 0 aliphatic heterocycles. The van der Waals surface area contributed by atoms with Crippen molar-refractivity contribution in [2.45, 2.75) is 18.8 Å². The summed E-state index contributed by atoms with van der Waals surface area (Å²) in [5.74, 6) is -1.52. The van der Waals surface area contributed by atoms with Gasteiger partial charge < -0.3 is 4.74 Å². The molecule has 0 aliphatic rings. The average Bonchev–Trinajstić information content (AvgIpc) is 2.36. The summed E-state index contributed by atoms with van der Waals surface area (Å²) in [7, 11) is -3.75. The van der Waals surface area contributed by atoms with Gasteiger partial charge in [-0.3, -0.25) is 4.79 Å². The Kier molecular flexibility index (Phi) is 4.86. The van der Waals surface area contributed by atoms with E-state index >= 15 is 0 Å². The maximum Gasteiger partial charge on any atom is 0.324 e. The lowest BCUT2D eigenvalue weighted by molar-refractivity contribution is -0.144. The van der Waals surface area contributed by atoms with Crippen LogP contribution in [0, 0.1) is 11.3 Å². The quantitative estimate of drug-likeness (QED) is 0.745. The van der Waals surface area contributed by atoms with E-state index in [2.05, 4.69) is 0 Å². The molecule has 0 spiro atoms. The molecule has 0 aliphatic carbocycles. The molecule has 1 aromatic carbocycles. The Hall–Kier alpha value is -1.87.